The number of ether oxygens (including phenoxy) is 1. The van der Waals surface area contributed by atoms with Crippen LogP contribution in [0.15, 0.2) is 54.6 Å². The molecule has 0 aliphatic carbocycles. The van der Waals surface area contributed by atoms with Gasteiger partial charge >= 0.3 is 5.97 Å². The fourth-order valence-electron chi connectivity index (χ4n) is 5.20. The van der Waals surface area contributed by atoms with E-state index in [2.05, 4.69) is 4.90 Å². The molecular weight excluding hydrogens is 459 g/mol. The molecule has 3 aromatic rings. The summed E-state index contributed by atoms with van der Waals surface area (Å²) in [6.07, 6.45) is 1.83. The van der Waals surface area contributed by atoms with Crippen molar-refractivity contribution in [1.82, 2.24) is 9.80 Å². The number of benzene rings is 3. The topological polar surface area (TPSA) is 70.1 Å². The molecular formula is C26H24ClFN2O4. The van der Waals surface area contributed by atoms with Gasteiger partial charge in [-0.2, -0.15) is 0 Å². The fraction of sp³-hybridized carbons (Fsp3) is 0.308. The number of piperazine rings is 1. The first-order chi connectivity index (χ1) is 16.4. The molecule has 1 amide bonds. The Bertz CT molecular complexity index is 1240. The van der Waals surface area contributed by atoms with Gasteiger partial charge in [-0.05, 0) is 36.6 Å². The number of likely N-dealkylation sites (tertiary alicyclic amines) is 1. The van der Waals surface area contributed by atoms with Gasteiger partial charge in [0.05, 0.1) is 0 Å². The summed E-state index contributed by atoms with van der Waals surface area (Å²) < 4.78 is 19.1. The van der Waals surface area contributed by atoms with E-state index in [1.54, 1.807) is 30.3 Å². The van der Waals surface area contributed by atoms with Crippen LogP contribution >= 0.6 is 11.6 Å². The predicted molar refractivity (Wildman–Crippen MR) is 127 cm³/mol. The first-order valence-electron chi connectivity index (χ1n) is 11.3. The van der Waals surface area contributed by atoms with Crippen molar-refractivity contribution in [3.05, 3.63) is 76.6 Å². The van der Waals surface area contributed by atoms with Gasteiger partial charge in [0.15, 0.2) is 6.61 Å². The van der Waals surface area contributed by atoms with Crippen LogP contribution < -0.4 is 4.74 Å². The quantitative estimate of drug-likeness (QED) is 0.556. The average Bonchev–Trinajstić information content (AvgIpc) is 3.10. The summed E-state index contributed by atoms with van der Waals surface area (Å²) in [5.74, 6) is -1.41. The van der Waals surface area contributed by atoms with Gasteiger partial charge in [0, 0.05) is 47.5 Å². The summed E-state index contributed by atoms with van der Waals surface area (Å²) in [6, 6.07) is 15.2. The van der Waals surface area contributed by atoms with Crippen LogP contribution in [0.4, 0.5) is 4.39 Å². The Morgan fingerprint density at radius 2 is 1.68 bits per heavy atom. The number of fused-ring (bicyclic) bond motifs is 3. The molecule has 2 bridgehead atoms. The number of carbonyl (C=O) groups excluding carboxylic acids is 1. The van der Waals surface area contributed by atoms with Crippen LogP contribution in [0.25, 0.3) is 10.8 Å². The number of hydrogen-bond acceptors (Lipinski definition) is 4. The highest BCUT2D eigenvalue weighted by Gasteiger charge is 2.42. The van der Waals surface area contributed by atoms with E-state index < -0.39 is 5.97 Å². The number of carbonyl (C=O) groups is 2. The smallest absolute Gasteiger partial charge is 0.339 e. The second-order valence-electron chi connectivity index (χ2n) is 8.88. The number of rotatable bonds is 6. The number of carboxylic acid groups (broad SMARTS) is 1. The van der Waals surface area contributed by atoms with Gasteiger partial charge in [0.2, 0.25) is 0 Å². The van der Waals surface area contributed by atoms with Crippen molar-refractivity contribution in [3.63, 3.8) is 0 Å². The summed E-state index contributed by atoms with van der Waals surface area (Å²) >= 11 is 6.27. The molecule has 5 rings (SSSR count). The molecule has 3 aromatic carbocycles. The van der Waals surface area contributed by atoms with Gasteiger partial charge in [0.25, 0.3) is 5.91 Å². The van der Waals surface area contributed by atoms with Crippen molar-refractivity contribution in [2.45, 2.75) is 31.5 Å². The molecule has 6 nitrogen and oxygen atoms in total. The Balaban J connectivity index is 1.29. The van der Waals surface area contributed by atoms with E-state index in [-0.39, 0.29) is 41.7 Å². The zero-order valence-corrected chi connectivity index (χ0v) is 19.2. The third-order valence-electron chi connectivity index (χ3n) is 6.68. The molecule has 34 heavy (non-hydrogen) atoms. The lowest BCUT2D eigenvalue weighted by atomic mass is 10.1. The maximum atomic E-state index is 13.2. The minimum absolute atomic E-state index is 0.0661. The Kier molecular flexibility index (Phi) is 6.15. The molecule has 0 aromatic heterocycles. The van der Waals surface area contributed by atoms with Gasteiger partial charge in [-0.3, -0.25) is 9.69 Å². The van der Waals surface area contributed by atoms with Crippen LogP contribution in [-0.4, -0.2) is 58.6 Å². The van der Waals surface area contributed by atoms with E-state index in [9.17, 15) is 19.1 Å². The van der Waals surface area contributed by atoms with E-state index in [0.29, 0.717) is 22.3 Å². The summed E-state index contributed by atoms with van der Waals surface area (Å²) in [5, 5.41) is 11.2. The highest BCUT2D eigenvalue weighted by molar-refractivity contribution is 6.36. The highest BCUT2D eigenvalue weighted by atomic mass is 35.5. The Morgan fingerprint density at radius 3 is 2.32 bits per heavy atom. The molecule has 0 radical (unpaired) electrons. The number of carboxylic acids is 1. The fourth-order valence-corrected chi connectivity index (χ4v) is 5.48. The van der Waals surface area contributed by atoms with Crippen LogP contribution in [0.3, 0.4) is 0 Å². The molecule has 2 aliphatic heterocycles. The molecule has 8 heteroatoms. The largest absolute Gasteiger partial charge is 0.482 e. The average molecular weight is 483 g/mol. The molecule has 2 saturated heterocycles. The number of hydrogen-bond donors (Lipinski definition) is 1. The second-order valence-corrected chi connectivity index (χ2v) is 9.29. The summed E-state index contributed by atoms with van der Waals surface area (Å²) in [7, 11) is 0. The standard InChI is InChI=1S/C26H24ClFN2O4/c27-23-11-22(26(32)33)25(21-4-2-1-3-20(21)23)34-15-24(31)30-18-9-10-19(30)14-29(13-18)12-16-5-7-17(28)8-6-16/h1-8,11,18-19H,9-10,12-15H2,(H,32,33). The van der Waals surface area contributed by atoms with Crippen molar-refractivity contribution >= 4 is 34.2 Å². The van der Waals surface area contributed by atoms with E-state index >= 15 is 0 Å². The first kappa shape index (κ1) is 22.6. The molecule has 2 atom stereocenters. The lowest BCUT2D eigenvalue weighted by Gasteiger charge is -2.41. The van der Waals surface area contributed by atoms with Crippen molar-refractivity contribution < 1.29 is 23.8 Å². The van der Waals surface area contributed by atoms with Crippen molar-refractivity contribution in [3.8, 4) is 5.75 Å². The zero-order chi connectivity index (χ0) is 23.8. The van der Waals surface area contributed by atoms with E-state index in [4.69, 9.17) is 16.3 Å². The molecule has 2 aliphatic rings. The zero-order valence-electron chi connectivity index (χ0n) is 18.4. The third-order valence-corrected chi connectivity index (χ3v) is 6.99. The predicted octanol–water partition coefficient (Wildman–Crippen LogP) is 4.58. The second kappa shape index (κ2) is 9.24. The number of nitrogens with zero attached hydrogens (tertiary/aromatic N) is 2. The van der Waals surface area contributed by atoms with Crippen molar-refractivity contribution in [1.29, 1.82) is 0 Å². The van der Waals surface area contributed by atoms with Crippen LogP contribution in [-0.2, 0) is 11.3 Å². The minimum Gasteiger partial charge on any atom is -0.482 e. The molecule has 0 spiro atoms. The summed E-state index contributed by atoms with van der Waals surface area (Å²) in [5.41, 5.74) is 0.975. The van der Waals surface area contributed by atoms with E-state index in [1.165, 1.54) is 18.2 Å². The summed E-state index contributed by atoms with van der Waals surface area (Å²) in [6.45, 7) is 1.95. The Morgan fingerprint density at radius 1 is 1.03 bits per heavy atom. The number of halogens is 2. The Labute approximate surface area is 201 Å². The van der Waals surface area contributed by atoms with Crippen LogP contribution in [0.2, 0.25) is 5.02 Å². The molecule has 2 heterocycles. The molecule has 0 saturated carbocycles. The van der Waals surface area contributed by atoms with Crippen LogP contribution in [0, 0.1) is 5.82 Å². The number of aromatic carboxylic acids is 1. The van der Waals surface area contributed by atoms with Gasteiger partial charge < -0.3 is 14.7 Å². The normalized spacial score (nSPS) is 20.0. The SMILES string of the molecule is O=C(O)c1cc(Cl)c2ccccc2c1OCC(=O)N1C2CCC1CN(Cc1ccc(F)cc1)C2. The highest BCUT2D eigenvalue weighted by Crippen LogP contribution is 2.36. The Hall–Kier alpha value is -3.16. The van der Waals surface area contributed by atoms with E-state index in [1.807, 2.05) is 11.0 Å². The van der Waals surface area contributed by atoms with Crippen LogP contribution in [0.1, 0.15) is 28.8 Å². The van der Waals surface area contributed by atoms with Crippen molar-refractivity contribution in [2.75, 3.05) is 19.7 Å². The lowest BCUT2D eigenvalue weighted by molar-refractivity contribution is -0.139. The lowest BCUT2D eigenvalue weighted by Crippen LogP contribution is -2.56. The maximum Gasteiger partial charge on any atom is 0.339 e. The molecule has 2 fully saturated rings. The van der Waals surface area contributed by atoms with Gasteiger partial charge in [-0.15, -0.1) is 0 Å². The summed E-state index contributed by atoms with van der Waals surface area (Å²) in [4.78, 5) is 29.2. The monoisotopic (exact) mass is 482 g/mol. The molecule has 1 N–H and O–H groups in total. The first-order valence-corrected chi connectivity index (χ1v) is 11.6. The number of amides is 1. The molecule has 176 valence electrons. The van der Waals surface area contributed by atoms with Gasteiger partial charge in [0.1, 0.15) is 17.1 Å². The maximum absolute atomic E-state index is 13.2. The minimum atomic E-state index is -1.16. The van der Waals surface area contributed by atoms with Gasteiger partial charge in [-0.25, -0.2) is 9.18 Å². The van der Waals surface area contributed by atoms with Crippen molar-refractivity contribution in [2.24, 2.45) is 0 Å². The van der Waals surface area contributed by atoms with Crippen LogP contribution in [0.5, 0.6) is 5.75 Å². The van der Waals surface area contributed by atoms with E-state index in [0.717, 1.165) is 31.5 Å². The molecule has 2 unspecified atom stereocenters. The van der Waals surface area contributed by atoms with Gasteiger partial charge in [-0.1, -0.05) is 48.0 Å². The third kappa shape index (κ3) is 4.33.